The number of rotatable bonds is 7. The highest BCUT2D eigenvalue weighted by Gasteiger charge is 2.35. The number of nitrogens with zero attached hydrogens (tertiary/aromatic N) is 3. The van der Waals surface area contributed by atoms with Crippen LogP contribution in [0, 0.1) is 6.92 Å². The minimum Gasteiger partial charge on any atom is -0.481 e. The number of carbonyl (C=O) groups is 2. The first-order chi connectivity index (χ1) is 12.9. The summed E-state index contributed by atoms with van der Waals surface area (Å²) < 4.78 is 6.85. The monoisotopic (exact) mass is 368 g/mol. The van der Waals surface area contributed by atoms with Crippen LogP contribution in [-0.2, 0) is 16.8 Å². The Bertz CT molecular complexity index is 948. The van der Waals surface area contributed by atoms with Crippen molar-refractivity contribution in [3.63, 3.8) is 0 Å². The maximum absolute atomic E-state index is 12.4. The molecule has 140 valence electrons. The summed E-state index contributed by atoms with van der Waals surface area (Å²) in [4.78, 5) is 24.2. The second-order valence-corrected chi connectivity index (χ2v) is 6.58. The number of benzene rings is 1. The van der Waals surface area contributed by atoms with Gasteiger partial charge in [-0.15, -0.1) is 0 Å². The lowest BCUT2D eigenvalue weighted by atomic mass is 9.82. The van der Waals surface area contributed by atoms with E-state index < -0.39 is 17.3 Å². The van der Waals surface area contributed by atoms with Crippen LogP contribution < -0.4 is 5.32 Å². The Morgan fingerprint density at radius 1 is 1.30 bits per heavy atom. The Kier molecular flexibility index (Phi) is 5.07. The molecule has 1 unspecified atom stereocenters. The second kappa shape index (κ2) is 7.45. The van der Waals surface area contributed by atoms with E-state index in [4.69, 9.17) is 4.52 Å². The third-order valence-electron chi connectivity index (χ3n) is 4.36. The average Bonchev–Trinajstić information content (AvgIpc) is 3.29. The highest BCUT2D eigenvalue weighted by molar-refractivity contribution is 5.93. The van der Waals surface area contributed by atoms with Crippen LogP contribution in [0.4, 0.5) is 0 Å². The second-order valence-electron chi connectivity index (χ2n) is 6.58. The Morgan fingerprint density at radius 3 is 2.67 bits per heavy atom. The van der Waals surface area contributed by atoms with Crippen molar-refractivity contribution in [1.29, 1.82) is 0 Å². The molecule has 1 aromatic carbocycles. The van der Waals surface area contributed by atoms with Crippen LogP contribution in [0.2, 0.25) is 0 Å². The van der Waals surface area contributed by atoms with Crippen molar-refractivity contribution < 1.29 is 19.2 Å². The lowest BCUT2D eigenvalue weighted by molar-refractivity contribution is -0.142. The van der Waals surface area contributed by atoms with Gasteiger partial charge < -0.3 is 14.9 Å². The summed E-state index contributed by atoms with van der Waals surface area (Å²) in [6, 6.07) is 10.3. The SMILES string of the molecule is Cc1cnn(Cc2cc(C(=O)NCC(C)(C(=O)O)c3ccccc3)no2)c1. The minimum absolute atomic E-state index is 0.0777. The molecule has 0 aliphatic heterocycles. The van der Waals surface area contributed by atoms with Gasteiger partial charge in [0, 0.05) is 18.8 Å². The molecule has 0 saturated heterocycles. The van der Waals surface area contributed by atoms with E-state index in [1.54, 1.807) is 42.1 Å². The van der Waals surface area contributed by atoms with Gasteiger partial charge in [0.05, 0.1) is 6.20 Å². The number of nitrogens with one attached hydrogen (secondary N) is 1. The van der Waals surface area contributed by atoms with Gasteiger partial charge in [-0.2, -0.15) is 5.10 Å². The summed E-state index contributed by atoms with van der Waals surface area (Å²) in [5, 5.41) is 20.2. The molecule has 2 N–H and O–H groups in total. The molecule has 0 bridgehead atoms. The van der Waals surface area contributed by atoms with E-state index >= 15 is 0 Å². The topological polar surface area (TPSA) is 110 Å². The van der Waals surface area contributed by atoms with Gasteiger partial charge in [-0.05, 0) is 25.0 Å². The highest BCUT2D eigenvalue weighted by atomic mass is 16.5. The van der Waals surface area contributed by atoms with Crippen molar-refractivity contribution in [1.82, 2.24) is 20.3 Å². The summed E-state index contributed by atoms with van der Waals surface area (Å²) in [7, 11) is 0. The number of hydrogen-bond donors (Lipinski definition) is 2. The molecule has 3 aromatic rings. The van der Waals surface area contributed by atoms with Crippen LogP contribution in [0.1, 0.15) is 34.3 Å². The molecular formula is C19H20N4O4. The first-order valence-corrected chi connectivity index (χ1v) is 8.40. The van der Waals surface area contributed by atoms with Gasteiger partial charge in [0.2, 0.25) is 0 Å². The predicted octanol–water partition coefficient (Wildman–Crippen LogP) is 2.00. The van der Waals surface area contributed by atoms with E-state index in [1.165, 1.54) is 6.07 Å². The van der Waals surface area contributed by atoms with E-state index in [-0.39, 0.29) is 12.2 Å². The molecule has 1 atom stereocenters. The number of carboxylic acids is 1. The average molecular weight is 368 g/mol. The number of amides is 1. The van der Waals surface area contributed by atoms with Gasteiger partial charge >= 0.3 is 5.97 Å². The number of carboxylic acid groups (broad SMARTS) is 1. The lowest BCUT2D eigenvalue weighted by Gasteiger charge is -2.25. The fourth-order valence-corrected chi connectivity index (χ4v) is 2.66. The van der Waals surface area contributed by atoms with Crippen LogP contribution in [0.15, 0.2) is 53.3 Å². The minimum atomic E-state index is -1.25. The zero-order valence-corrected chi connectivity index (χ0v) is 15.0. The van der Waals surface area contributed by atoms with Crippen LogP contribution >= 0.6 is 0 Å². The lowest BCUT2D eigenvalue weighted by Crippen LogP contribution is -2.44. The number of carbonyl (C=O) groups excluding carboxylic acids is 1. The van der Waals surface area contributed by atoms with E-state index in [1.807, 2.05) is 19.2 Å². The highest BCUT2D eigenvalue weighted by Crippen LogP contribution is 2.23. The third kappa shape index (κ3) is 4.05. The van der Waals surface area contributed by atoms with Crippen molar-refractivity contribution >= 4 is 11.9 Å². The van der Waals surface area contributed by atoms with Gasteiger partial charge in [0.25, 0.3) is 5.91 Å². The first-order valence-electron chi connectivity index (χ1n) is 8.40. The predicted molar refractivity (Wildman–Crippen MR) is 96.3 cm³/mol. The Labute approximate surface area is 155 Å². The van der Waals surface area contributed by atoms with Crippen molar-refractivity contribution in [2.45, 2.75) is 25.8 Å². The molecule has 1 amide bonds. The number of hydrogen-bond acceptors (Lipinski definition) is 5. The van der Waals surface area contributed by atoms with Gasteiger partial charge in [-0.25, -0.2) is 0 Å². The molecular weight excluding hydrogens is 348 g/mol. The Morgan fingerprint density at radius 2 is 2.04 bits per heavy atom. The largest absolute Gasteiger partial charge is 0.481 e. The molecule has 0 aliphatic rings. The summed E-state index contributed by atoms with van der Waals surface area (Å²) in [6.07, 6.45) is 3.57. The van der Waals surface area contributed by atoms with Gasteiger partial charge in [0.15, 0.2) is 11.5 Å². The summed E-state index contributed by atoms with van der Waals surface area (Å²) >= 11 is 0. The first kappa shape index (κ1) is 18.4. The molecule has 27 heavy (non-hydrogen) atoms. The fraction of sp³-hybridized carbons (Fsp3) is 0.263. The van der Waals surface area contributed by atoms with E-state index in [0.29, 0.717) is 17.9 Å². The number of aliphatic carboxylic acids is 1. The molecule has 0 aliphatic carbocycles. The Balaban J connectivity index is 1.67. The van der Waals surface area contributed by atoms with Gasteiger partial charge in [-0.1, -0.05) is 35.5 Å². The van der Waals surface area contributed by atoms with Crippen molar-refractivity contribution in [3.8, 4) is 0 Å². The molecule has 8 heteroatoms. The Hall–Kier alpha value is -3.42. The number of aryl methyl sites for hydroxylation is 1. The normalized spacial score (nSPS) is 13.1. The maximum atomic E-state index is 12.4. The maximum Gasteiger partial charge on any atom is 0.315 e. The zero-order chi connectivity index (χ0) is 19.4. The fourth-order valence-electron chi connectivity index (χ4n) is 2.66. The molecule has 2 heterocycles. The van der Waals surface area contributed by atoms with Crippen molar-refractivity contribution in [2.24, 2.45) is 0 Å². The van der Waals surface area contributed by atoms with Crippen LogP contribution in [0.5, 0.6) is 0 Å². The summed E-state index contributed by atoms with van der Waals surface area (Å²) in [5.74, 6) is -1.04. The smallest absolute Gasteiger partial charge is 0.315 e. The van der Waals surface area contributed by atoms with Crippen LogP contribution in [0.3, 0.4) is 0 Å². The standard InChI is InChI=1S/C19H20N4O4/c1-13-9-21-23(10-13)11-15-8-16(22-27-15)17(24)20-12-19(2,18(25)26)14-6-4-3-5-7-14/h3-10H,11-12H2,1-2H3,(H,20,24)(H,25,26). The van der Waals surface area contributed by atoms with Gasteiger partial charge in [0.1, 0.15) is 12.0 Å². The van der Waals surface area contributed by atoms with Gasteiger partial charge in [-0.3, -0.25) is 14.3 Å². The number of aromatic nitrogens is 3. The molecule has 3 rings (SSSR count). The van der Waals surface area contributed by atoms with E-state index in [2.05, 4.69) is 15.6 Å². The van der Waals surface area contributed by atoms with E-state index in [0.717, 1.165) is 5.56 Å². The molecule has 8 nitrogen and oxygen atoms in total. The molecule has 0 saturated carbocycles. The van der Waals surface area contributed by atoms with Crippen LogP contribution in [0.25, 0.3) is 0 Å². The quantitative estimate of drug-likeness (QED) is 0.660. The van der Waals surface area contributed by atoms with Crippen molar-refractivity contribution in [3.05, 3.63) is 71.4 Å². The van der Waals surface area contributed by atoms with E-state index in [9.17, 15) is 14.7 Å². The van der Waals surface area contributed by atoms with Crippen molar-refractivity contribution in [2.75, 3.05) is 6.54 Å². The molecule has 0 fully saturated rings. The summed E-state index contributed by atoms with van der Waals surface area (Å²) in [5.41, 5.74) is 0.458. The third-order valence-corrected chi connectivity index (χ3v) is 4.36. The van der Waals surface area contributed by atoms with Crippen LogP contribution in [-0.4, -0.2) is 38.5 Å². The summed E-state index contributed by atoms with van der Waals surface area (Å²) in [6.45, 7) is 3.77. The molecule has 2 aromatic heterocycles. The zero-order valence-electron chi connectivity index (χ0n) is 15.0. The molecule has 0 spiro atoms. The molecule has 0 radical (unpaired) electrons.